The summed E-state index contributed by atoms with van der Waals surface area (Å²) in [7, 11) is 1.69. The molecule has 2 aromatic heterocycles. The average Bonchev–Trinajstić information content (AvgIpc) is 2.45. The zero-order valence-electron chi connectivity index (χ0n) is 11.0. The smallest absolute Gasteiger partial charge is 0.132 e. The van der Waals surface area contributed by atoms with Crippen LogP contribution in [-0.2, 0) is 17.7 Å². The minimum absolute atomic E-state index is 0.703. The summed E-state index contributed by atoms with van der Waals surface area (Å²) in [5, 5.41) is 3.27. The summed E-state index contributed by atoms with van der Waals surface area (Å²) < 4.78 is 4.98. The summed E-state index contributed by atoms with van der Waals surface area (Å²) >= 11 is 0. The molecule has 0 atom stereocenters. The Labute approximate surface area is 113 Å². The molecule has 2 heterocycles. The lowest BCUT2D eigenvalue weighted by atomic mass is 10.2. The Balaban J connectivity index is 1.91. The maximum Gasteiger partial charge on any atom is 0.132 e. The van der Waals surface area contributed by atoms with Crippen molar-refractivity contribution in [3.05, 3.63) is 53.9 Å². The van der Waals surface area contributed by atoms with E-state index < -0.39 is 0 Å². The van der Waals surface area contributed by atoms with Crippen LogP contribution in [0.1, 0.15) is 17.1 Å². The fraction of sp³-hybridized carbons (Fsp3) is 0.357. The first-order valence-corrected chi connectivity index (χ1v) is 6.28. The van der Waals surface area contributed by atoms with Crippen LogP contribution in [-0.4, -0.2) is 35.2 Å². The van der Waals surface area contributed by atoms with Gasteiger partial charge in [0.1, 0.15) is 5.82 Å². The van der Waals surface area contributed by atoms with Gasteiger partial charge in [0.2, 0.25) is 0 Å². The predicted octanol–water partition coefficient (Wildman–Crippen LogP) is 1.20. The van der Waals surface area contributed by atoms with Crippen LogP contribution in [0.15, 0.2) is 36.8 Å². The largest absolute Gasteiger partial charge is 0.383 e. The number of hydrogen-bond donors (Lipinski definition) is 1. The molecule has 0 bridgehead atoms. The molecule has 5 heteroatoms. The molecule has 100 valence electrons. The van der Waals surface area contributed by atoms with Gasteiger partial charge in [-0.3, -0.25) is 4.98 Å². The number of nitrogens with one attached hydrogen (secondary N) is 1. The van der Waals surface area contributed by atoms with Gasteiger partial charge in [0.05, 0.1) is 12.3 Å². The maximum atomic E-state index is 4.98. The molecule has 0 aliphatic rings. The van der Waals surface area contributed by atoms with E-state index in [4.69, 9.17) is 4.74 Å². The molecule has 5 nitrogen and oxygen atoms in total. The van der Waals surface area contributed by atoms with Crippen molar-refractivity contribution >= 4 is 0 Å². The minimum atomic E-state index is 0.703. The highest BCUT2D eigenvalue weighted by molar-refractivity contribution is 5.16. The molecule has 0 aliphatic carbocycles. The van der Waals surface area contributed by atoms with Gasteiger partial charge in [-0.2, -0.15) is 0 Å². The molecule has 0 saturated heterocycles. The van der Waals surface area contributed by atoms with Crippen LogP contribution in [0.5, 0.6) is 0 Å². The second-order valence-electron chi connectivity index (χ2n) is 4.17. The van der Waals surface area contributed by atoms with Crippen LogP contribution in [0.2, 0.25) is 0 Å². The van der Waals surface area contributed by atoms with Crippen molar-refractivity contribution in [3.8, 4) is 0 Å². The van der Waals surface area contributed by atoms with Crippen LogP contribution < -0.4 is 5.32 Å². The van der Waals surface area contributed by atoms with Crippen molar-refractivity contribution in [2.75, 3.05) is 20.3 Å². The summed E-state index contributed by atoms with van der Waals surface area (Å²) in [5.74, 6) is 0.831. The minimum Gasteiger partial charge on any atom is -0.383 e. The monoisotopic (exact) mass is 258 g/mol. The summed E-state index contributed by atoms with van der Waals surface area (Å²) in [4.78, 5) is 12.8. The van der Waals surface area contributed by atoms with Crippen LogP contribution in [0.25, 0.3) is 0 Å². The zero-order chi connectivity index (χ0) is 13.3. The van der Waals surface area contributed by atoms with Crippen molar-refractivity contribution < 1.29 is 4.74 Å². The Kier molecular flexibility index (Phi) is 5.40. The molecule has 0 fully saturated rings. The molecular formula is C14H18N4O. The number of pyridine rings is 1. The lowest BCUT2D eigenvalue weighted by Gasteiger charge is -2.05. The highest BCUT2D eigenvalue weighted by Crippen LogP contribution is 2.04. The summed E-state index contributed by atoms with van der Waals surface area (Å²) in [5.41, 5.74) is 2.16. The zero-order valence-corrected chi connectivity index (χ0v) is 11.0. The van der Waals surface area contributed by atoms with E-state index in [0.29, 0.717) is 6.61 Å². The molecule has 0 saturated carbocycles. The van der Waals surface area contributed by atoms with Crippen molar-refractivity contribution in [3.63, 3.8) is 0 Å². The molecule has 0 aliphatic heterocycles. The third-order valence-corrected chi connectivity index (χ3v) is 2.66. The van der Waals surface area contributed by atoms with Gasteiger partial charge in [0, 0.05) is 45.2 Å². The summed E-state index contributed by atoms with van der Waals surface area (Å²) in [6, 6.07) is 5.88. The first-order valence-electron chi connectivity index (χ1n) is 6.28. The highest BCUT2D eigenvalue weighted by atomic mass is 16.5. The number of hydrogen-bond acceptors (Lipinski definition) is 5. The number of rotatable bonds is 7. The van der Waals surface area contributed by atoms with Crippen LogP contribution in [0, 0.1) is 0 Å². The van der Waals surface area contributed by atoms with E-state index >= 15 is 0 Å². The summed E-state index contributed by atoms with van der Waals surface area (Å²) in [6.07, 6.45) is 6.10. The first-order chi connectivity index (χ1) is 9.38. The number of methoxy groups -OCH3 is 1. The van der Waals surface area contributed by atoms with Gasteiger partial charge >= 0.3 is 0 Å². The third-order valence-electron chi connectivity index (χ3n) is 2.66. The first kappa shape index (κ1) is 13.6. The molecule has 0 spiro atoms. The predicted molar refractivity (Wildman–Crippen MR) is 72.7 cm³/mol. The van der Waals surface area contributed by atoms with E-state index in [1.54, 1.807) is 25.7 Å². The van der Waals surface area contributed by atoms with Crippen LogP contribution >= 0.6 is 0 Å². The Hall–Kier alpha value is -1.85. The average molecular weight is 258 g/mol. The molecule has 0 radical (unpaired) electrons. The molecule has 19 heavy (non-hydrogen) atoms. The fourth-order valence-electron chi connectivity index (χ4n) is 1.70. The van der Waals surface area contributed by atoms with Crippen molar-refractivity contribution in [1.82, 2.24) is 20.3 Å². The van der Waals surface area contributed by atoms with Gasteiger partial charge in [0.15, 0.2) is 0 Å². The van der Waals surface area contributed by atoms with Gasteiger partial charge in [-0.25, -0.2) is 9.97 Å². The van der Waals surface area contributed by atoms with Gasteiger partial charge in [-0.15, -0.1) is 0 Å². The summed E-state index contributed by atoms with van der Waals surface area (Å²) in [6.45, 7) is 2.25. The van der Waals surface area contributed by atoms with Crippen molar-refractivity contribution in [2.45, 2.75) is 13.0 Å². The lowest BCUT2D eigenvalue weighted by Crippen LogP contribution is -2.19. The Morgan fingerprint density at radius 3 is 2.79 bits per heavy atom. The Morgan fingerprint density at radius 1 is 1.16 bits per heavy atom. The Bertz CT molecular complexity index is 490. The van der Waals surface area contributed by atoms with Gasteiger partial charge in [0.25, 0.3) is 0 Å². The fourth-order valence-corrected chi connectivity index (χ4v) is 1.70. The van der Waals surface area contributed by atoms with E-state index in [2.05, 4.69) is 20.3 Å². The molecule has 0 amide bonds. The number of nitrogens with zero attached hydrogens (tertiary/aromatic N) is 3. The van der Waals surface area contributed by atoms with Gasteiger partial charge in [-0.05, 0) is 23.8 Å². The third kappa shape index (κ3) is 4.73. The standard InChI is InChI=1S/C14H18N4O/c1-19-9-8-16-11-13-4-7-17-14(18-13)10-12-2-5-15-6-3-12/h2-7,16H,8-11H2,1H3. The topological polar surface area (TPSA) is 59.9 Å². The quantitative estimate of drug-likeness (QED) is 0.756. The Morgan fingerprint density at radius 2 is 2.00 bits per heavy atom. The second kappa shape index (κ2) is 7.56. The molecular weight excluding hydrogens is 240 g/mol. The maximum absolute atomic E-state index is 4.98. The number of ether oxygens (including phenoxy) is 1. The van der Waals surface area contributed by atoms with E-state index in [1.807, 2.05) is 18.2 Å². The SMILES string of the molecule is COCCNCc1ccnc(Cc2ccncc2)n1. The molecule has 0 aromatic carbocycles. The lowest BCUT2D eigenvalue weighted by molar-refractivity contribution is 0.199. The molecule has 2 rings (SSSR count). The van der Waals surface area contributed by atoms with Crippen LogP contribution in [0.3, 0.4) is 0 Å². The van der Waals surface area contributed by atoms with E-state index in [0.717, 1.165) is 31.0 Å². The molecule has 0 unspecified atom stereocenters. The molecule has 1 N–H and O–H groups in total. The number of aromatic nitrogens is 3. The van der Waals surface area contributed by atoms with E-state index in [1.165, 1.54) is 5.56 Å². The van der Waals surface area contributed by atoms with E-state index in [9.17, 15) is 0 Å². The second-order valence-corrected chi connectivity index (χ2v) is 4.17. The normalized spacial score (nSPS) is 10.6. The van der Waals surface area contributed by atoms with Crippen molar-refractivity contribution in [1.29, 1.82) is 0 Å². The van der Waals surface area contributed by atoms with Gasteiger partial charge < -0.3 is 10.1 Å². The van der Waals surface area contributed by atoms with E-state index in [-0.39, 0.29) is 0 Å². The van der Waals surface area contributed by atoms with Crippen LogP contribution in [0.4, 0.5) is 0 Å². The van der Waals surface area contributed by atoms with Crippen molar-refractivity contribution in [2.24, 2.45) is 0 Å². The molecule has 2 aromatic rings. The van der Waals surface area contributed by atoms with Gasteiger partial charge in [-0.1, -0.05) is 0 Å². The highest BCUT2D eigenvalue weighted by Gasteiger charge is 2.01.